The van der Waals surface area contributed by atoms with E-state index in [1.807, 2.05) is 0 Å². The van der Waals surface area contributed by atoms with Crippen LogP contribution in [0.4, 0.5) is 11.4 Å². The Balaban J connectivity index is 0.00000144. The quantitative estimate of drug-likeness (QED) is 0.855. The van der Waals surface area contributed by atoms with Gasteiger partial charge in [0.2, 0.25) is 5.96 Å². The molecule has 5 heteroatoms. The van der Waals surface area contributed by atoms with E-state index in [9.17, 15) is 0 Å². The van der Waals surface area contributed by atoms with Crippen LogP contribution < -0.4 is 9.80 Å². The fourth-order valence-electron chi connectivity index (χ4n) is 3.73. The molecule has 3 aliphatic heterocycles. The SMILES string of the molecule is Cl.c1ccc2c(c1)N1CCCN=C1N2CCN1CCCCC1. The number of benzene rings is 1. The summed E-state index contributed by atoms with van der Waals surface area (Å²) in [6.45, 7) is 6.83. The van der Waals surface area contributed by atoms with Crippen molar-refractivity contribution in [2.45, 2.75) is 25.7 Å². The smallest absolute Gasteiger partial charge is 0.205 e. The predicted octanol–water partition coefficient (Wildman–Crippen LogP) is 2.98. The van der Waals surface area contributed by atoms with E-state index in [1.54, 1.807) is 0 Å². The van der Waals surface area contributed by atoms with Gasteiger partial charge in [-0.2, -0.15) is 0 Å². The lowest BCUT2D eigenvalue weighted by Crippen LogP contribution is -2.45. The van der Waals surface area contributed by atoms with Gasteiger partial charge in [0.05, 0.1) is 11.4 Å². The molecule has 0 N–H and O–H groups in total. The second kappa shape index (κ2) is 6.88. The van der Waals surface area contributed by atoms with Gasteiger partial charge in [-0.15, -0.1) is 12.4 Å². The van der Waals surface area contributed by atoms with Gasteiger partial charge in [-0.1, -0.05) is 18.6 Å². The third-order valence-corrected chi connectivity index (χ3v) is 4.83. The molecule has 0 radical (unpaired) electrons. The fraction of sp³-hybridized carbons (Fsp3) is 0.588. The minimum atomic E-state index is 0. The zero-order valence-electron chi connectivity index (χ0n) is 13.1. The number of piperidine rings is 1. The van der Waals surface area contributed by atoms with Crippen molar-refractivity contribution >= 4 is 29.7 Å². The Hall–Kier alpha value is -1.26. The van der Waals surface area contributed by atoms with Gasteiger partial charge in [-0.3, -0.25) is 4.99 Å². The summed E-state index contributed by atoms with van der Waals surface area (Å²) in [6, 6.07) is 8.76. The number of nitrogens with zero attached hydrogens (tertiary/aromatic N) is 4. The van der Waals surface area contributed by atoms with E-state index >= 15 is 0 Å². The molecule has 0 amide bonds. The summed E-state index contributed by atoms with van der Waals surface area (Å²) in [4.78, 5) is 12.2. The van der Waals surface area contributed by atoms with Crippen molar-refractivity contribution in [1.29, 1.82) is 0 Å². The highest BCUT2D eigenvalue weighted by molar-refractivity contribution is 6.16. The van der Waals surface area contributed by atoms with Crippen LogP contribution in [0.1, 0.15) is 25.7 Å². The molecule has 0 spiro atoms. The van der Waals surface area contributed by atoms with Crippen molar-refractivity contribution in [3.05, 3.63) is 24.3 Å². The summed E-state index contributed by atoms with van der Waals surface area (Å²) in [5.74, 6) is 1.18. The van der Waals surface area contributed by atoms with Crippen LogP contribution in [0, 0.1) is 0 Å². The summed E-state index contributed by atoms with van der Waals surface area (Å²) in [5, 5.41) is 0. The molecule has 0 saturated carbocycles. The van der Waals surface area contributed by atoms with Crippen molar-refractivity contribution in [3.63, 3.8) is 0 Å². The predicted molar refractivity (Wildman–Crippen MR) is 95.6 cm³/mol. The average molecular weight is 321 g/mol. The van der Waals surface area contributed by atoms with Crippen LogP contribution in [0.25, 0.3) is 0 Å². The summed E-state index contributed by atoms with van der Waals surface area (Å²) in [5.41, 5.74) is 2.68. The summed E-state index contributed by atoms with van der Waals surface area (Å²) < 4.78 is 0. The maximum atomic E-state index is 4.80. The first-order chi connectivity index (χ1) is 10.4. The summed E-state index contributed by atoms with van der Waals surface area (Å²) in [7, 11) is 0. The molecule has 4 rings (SSSR count). The van der Waals surface area contributed by atoms with E-state index < -0.39 is 0 Å². The Morgan fingerprint density at radius 3 is 2.45 bits per heavy atom. The van der Waals surface area contributed by atoms with Crippen LogP contribution in [0.3, 0.4) is 0 Å². The minimum absolute atomic E-state index is 0. The molecule has 22 heavy (non-hydrogen) atoms. The summed E-state index contributed by atoms with van der Waals surface area (Å²) >= 11 is 0. The number of likely N-dealkylation sites (tertiary alicyclic amines) is 1. The van der Waals surface area contributed by atoms with Crippen LogP contribution >= 0.6 is 12.4 Å². The van der Waals surface area contributed by atoms with Crippen molar-refractivity contribution < 1.29 is 0 Å². The Morgan fingerprint density at radius 2 is 1.64 bits per heavy atom. The van der Waals surface area contributed by atoms with Gasteiger partial charge in [-0.05, 0) is 44.5 Å². The van der Waals surface area contributed by atoms with Gasteiger partial charge < -0.3 is 14.7 Å². The first-order valence-corrected chi connectivity index (χ1v) is 8.34. The molecule has 1 fully saturated rings. The Labute approximate surface area is 139 Å². The highest BCUT2D eigenvalue weighted by Crippen LogP contribution is 2.37. The lowest BCUT2D eigenvalue weighted by atomic mass is 10.1. The van der Waals surface area contributed by atoms with Gasteiger partial charge in [0.25, 0.3) is 0 Å². The molecule has 0 aliphatic carbocycles. The third kappa shape index (κ3) is 2.82. The maximum Gasteiger partial charge on any atom is 0.205 e. The number of hydrogen-bond acceptors (Lipinski definition) is 4. The maximum absolute atomic E-state index is 4.80. The lowest BCUT2D eigenvalue weighted by Gasteiger charge is -2.30. The molecule has 0 bridgehead atoms. The Morgan fingerprint density at radius 1 is 0.864 bits per heavy atom. The number of aliphatic imine (C=N–C) groups is 1. The highest BCUT2D eigenvalue weighted by atomic mass is 35.5. The van der Waals surface area contributed by atoms with Crippen LogP contribution in [0.5, 0.6) is 0 Å². The van der Waals surface area contributed by atoms with E-state index in [2.05, 4.69) is 39.0 Å². The van der Waals surface area contributed by atoms with Gasteiger partial charge in [0, 0.05) is 26.2 Å². The normalized spacial score (nSPS) is 21.0. The second-order valence-corrected chi connectivity index (χ2v) is 6.23. The molecule has 0 unspecified atom stereocenters. The first-order valence-electron chi connectivity index (χ1n) is 8.34. The van der Waals surface area contributed by atoms with Crippen molar-refractivity contribution in [1.82, 2.24) is 4.90 Å². The average Bonchev–Trinajstić information content (AvgIpc) is 2.88. The molecule has 0 atom stereocenters. The van der Waals surface area contributed by atoms with Crippen LogP contribution in [-0.2, 0) is 0 Å². The second-order valence-electron chi connectivity index (χ2n) is 6.23. The highest BCUT2D eigenvalue weighted by Gasteiger charge is 2.33. The zero-order chi connectivity index (χ0) is 14.1. The Bertz CT molecular complexity index is 539. The van der Waals surface area contributed by atoms with Gasteiger partial charge in [-0.25, -0.2) is 0 Å². The molecule has 1 aromatic rings. The number of rotatable bonds is 3. The number of hydrogen-bond donors (Lipinski definition) is 0. The van der Waals surface area contributed by atoms with Crippen molar-refractivity contribution in [3.8, 4) is 0 Å². The number of anilines is 2. The number of guanidine groups is 1. The number of fused-ring (bicyclic) bond motifs is 3. The molecule has 4 nitrogen and oxygen atoms in total. The largest absolute Gasteiger partial charge is 0.310 e. The van der Waals surface area contributed by atoms with Crippen LogP contribution in [-0.4, -0.2) is 50.1 Å². The molecular weight excluding hydrogens is 296 g/mol. The van der Waals surface area contributed by atoms with E-state index in [0.29, 0.717) is 0 Å². The monoisotopic (exact) mass is 320 g/mol. The topological polar surface area (TPSA) is 22.1 Å². The molecule has 1 saturated heterocycles. The van der Waals surface area contributed by atoms with E-state index in [-0.39, 0.29) is 12.4 Å². The van der Waals surface area contributed by atoms with Crippen LogP contribution in [0.2, 0.25) is 0 Å². The molecule has 3 aliphatic rings. The van der Waals surface area contributed by atoms with Crippen LogP contribution in [0.15, 0.2) is 29.3 Å². The molecule has 1 aromatic carbocycles. The standard InChI is InChI=1S/C17H24N4.ClH/c1-4-10-19(11-5-1)13-14-21-16-8-3-2-7-15(16)20-12-6-9-18-17(20)21;/h2-3,7-8H,1,4-6,9-14H2;1H. The van der Waals surface area contributed by atoms with Gasteiger partial charge >= 0.3 is 0 Å². The van der Waals surface area contributed by atoms with Crippen molar-refractivity contribution in [2.24, 2.45) is 4.99 Å². The number of halogens is 1. The summed E-state index contributed by atoms with van der Waals surface area (Å²) in [6.07, 6.45) is 5.30. The van der Waals surface area contributed by atoms with E-state index in [1.165, 1.54) is 49.7 Å². The first kappa shape index (κ1) is 15.6. The Kier molecular flexibility index (Phi) is 4.89. The van der Waals surface area contributed by atoms with E-state index in [4.69, 9.17) is 4.99 Å². The van der Waals surface area contributed by atoms with Crippen molar-refractivity contribution in [2.75, 3.05) is 49.1 Å². The van der Waals surface area contributed by atoms with Gasteiger partial charge in [0.15, 0.2) is 0 Å². The molecule has 0 aromatic heterocycles. The lowest BCUT2D eigenvalue weighted by molar-refractivity contribution is 0.235. The number of para-hydroxylation sites is 2. The molecule has 120 valence electrons. The molecule has 3 heterocycles. The zero-order valence-corrected chi connectivity index (χ0v) is 13.9. The molecular formula is C17H25ClN4. The minimum Gasteiger partial charge on any atom is -0.310 e. The van der Waals surface area contributed by atoms with E-state index in [0.717, 1.165) is 32.6 Å². The third-order valence-electron chi connectivity index (χ3n) is 4.83. The fourth-order valence-corrected chi connectivity index (χ4v) is 3.73. The van der Waals surface area contributed by atoms with Gasteiger partial charge in [0.1, 0.15) is 0 Å².